The number of anilines is 1. The molecule has 0 bridgehead atoms. The summed E-state index contributed by atoms with van der Waals surface area (Å²) in [4.78, 5) is 8.36. The largest absolute Gasteiger partial charge is 0.347 e. The van der Waals surface area contributed by atoms with Gasteiger partial charge < -0.3 is 10.6 Å². The van der Waals surface area contributed by atoms with Gasteiger partial charge in [-0.05, 0) is 40.6 Å². The molecule has 0 saturated carbocycles. The van der Waals surface area contributed by atoms with E-state index in [1.54, 1.807) is 22.7 Å². The summed E-state index contributed by atoms with van der Waals surface area (Å²) in [6, 6.07) is 2.32. The maximum Gasteiger partial charge on any atom is 0.185 e. The van der Waals surface area contributed by atoms with Crippen LogP contribution in [0.15, 0.2) is 16.8 Å². The standard InChI is InChI=1S/C15H21N3S2/c1-15(2)6-11(16)13-12(7-15)17-14(20-13)18(3)8-10-4-5-19-9-10/h4-5,9,11H,6-8,16H2,1-3H3. The summed E-state index contributed by atoms with van der Waals surface area (Å²) < 4.78 is 0. The molecule has 1 aliphatic rings. The minimum atomic E-state index is 0.148. The van der Waals surface area contributed by atoms with E-state index in [1.165, 1.54) is 16.1 Å². The van der Waals surface area contributed by atoms with Gasteiger partial charge >= 0.3 is 0 Å². The van der Waals surface area contributed by atoms with Gasteiger partial charge in [-0.2, -0.15) is 11.3 Å². The van der Waals surface area contributed by atoms with Crippen LogP contribution in [-0.4, -0.2) is 12.0 Å². The first-order chi connectivity index (χ1) is 9.44. The summed E-state index contributed by atoms with van der Waals surface area (Å²) in [5.74, 6) is 0. The molecule has 2 aromatic heterocycles. The molecule has 1 unspecified atom stereocenters. The van der Waals surface area contributed by atoms with Crippen LogP contribution >= 0.6 is 22.7 Å². The summed E-state index contributed by atoms with van der Waals surface area (Å²) in [5.41, 5.74) is 9.15. The van der Waals surface area contributed by atoms with E-state index >= 15 is 0 Å². The van der Waals surface area contributed by atoms with Crippen molar-refractivity contribution in [2.75, 3.05) is 11.9 Å². The monoisotopic (exact) mass is 307 g/mol. The van der Waals surface area contributed by atoms with Crippen molar-refractivity contribution in [3.63, 3.8) is 0 Å². The summed E-state index contributed by atoms with van der Waals surface area (Å²) in [6.07, 6.45) is 2.09. The fourth-order valence-corrected chi connectivity index (χ4v) is 4.57. The number of hydrogen-bond donors (Lipinski definition) is 1. The Morgan fingerprint density at radius 2 is 2.30 bits per heavy atom. The smallest absolute Gasteiger partial charge is 0.185 e. The molecule has 1 aliphatic carbocycles. The molecule has 3 nitrogen and oxygen atoms in total. The highest BCUT2D eigenvalue weighted by Gasteiger charge is 2.33. The van der Waals surface area contributed by atoms with Gasteiger partial charge in [0.2, 0.25) is 0 Å². The summed E-state index contributed by atoms with van der Waals surface area (Å²) in [5, 5.41) is 5.40. The first-order valence-electron chi connectivity index (χ1n) is 6.92. The van der Waals surface area contributed by atoms with Gasteiger partial charge in [0, 0.05) is 24.5 Å². The molecule has 0 aromatic carbocycles. The van der Waals surface area contributed by atoms with E-state index in [9.17, 15) is 0 Å². The predicted molar refractivity (Wildman–Crippen MR) is 87.6 cm³/mol. The fourth-order valence-electron chi connectivity index (χ4n) is 2.87. The minimum Gasteiger partial charge on any atom is -0.347 e. The summed E-state index contributed by atoms with van der Waals surface area (Å²) >= 11 is 3.51. The Labute approximate surface area is 128 Å². The average molecular weight is 307 g/mol. The topological polar surface area (TPSA) is 42.2 Å². The van der Waals surface area contributed by atoms with Crippen molar-refractivity contribution < 1.29 is 0 Å². The van der Waals surface area contributed by atoms with Crippen LogP contribution in [-0.2, 0) is 13.0 Å². The first kappa shape index (κ1) is 14.0. The number of aromatic nitrogens is 1. The Hall–Kier alpha value is -0.910. The quantitative estimate of drug-likeness (QED) is 0.937. The second-order valence-electron chi connectivity index (χ2n) is 6.45. The third-order valence-electron chi connectivity index (χ3n) is 3.80. The number of nitrogens with two attached hydrogens (primary N) is 1. The Kier molecular flexibility index (Phi) is 3.60. The summed E-state index contributed by atoms with van der Waals surface area (Å²) in [6.45, 7) is 5.47. The number of fused-ring (bicyclic) bond motifs is 1. The lowest BCUT2D eigenvalue weighted by Gasteiger charge is -2.32. The zero-order valence-electron chi connectivity index (χ0n) is 12.2. The third-order valence-corrected chi connectivity index (χ3v) is 5.87. The maximum atomic E-state index is 6.33. The maximum absolute atomic E-state index is 6.33. The fraction of sp³-hybridized carbons (Fsp3) is 0.533. The van der Waals surface area contributed by atoms with E-state index in [1.807, 2.05) is 0 Å². The van der Waals surface area contributed by atoms with Crippen LogP contribution in [0.4, 0.5) is 5.13 Å². The second kappa shape index (κ2) is 5.13. The zero-order valence-corrected chi connectivity index (χ0v) is 13.9. The van der Waals surface area contributed by atoms with Crippen molar-refractivity contribution in [2.45, 2.75) is 39.3 Å². The lowest BCUT2D eigenvalue weighted by Crippen LogP contribution is -2.28. The van der Waals surface area contributed by atoms with E-state index in [4.69, 9.17) is 10.7 Å². The number of rotatable bonds is 3. The SMILES string of the molecule is CN(Cc1ccsc1)c1nc2c(s1)C(N)CC(C)(C)C2. The van der Waals surface area contributed by atoms with Gasteiger partial charge in [-0.1, -0.05) is 25.2 Å². The Bertz CT molecular complexity index is 586. The molecule has 0 saturated heterocycles. The average Bonchev–Trinajstić information content (AvgIpc) is 2.96. The van der Waals surface area contributed by atoms with Gasteiger partial charge in [0.05, 0.1) is 5.69 Å². The molecule has 0 amide bonds. The molecular weight excluding hydrogens is 286 g/mol. The molecule has 5 heteroatoms. The van der Waals surface area contributed by atoms with Crippen molar-refractivity contribution in [1.29, 1.82) is 0 Å². The van der Waals surface area contributed by atoms with Crippen molar-refractivity contribution in [3.05, 3.63) is 33.0 Å². The van der Waals surface area contributed by atoms with Gasteiger partial charge in [-0.25, -0.2) is 4.98 Å². The molecule has 0 aliphatic heterocycles. The Morgan fingerprint density at radius 1 is 1.50 bits per heavy atom. The van der Waals surface area contributed by atoms with Crippen molar-refractivity contribution in [3.8, 4) is 0 Å². The van der Waals surface area contributed by atoms with Gasteiger partial charge in [-0.15, -0.1) is 0 Å². The van der Waals surface area contributed by atoms with Crippen LogP contribution in [0.1, 0.15) is 42.4 Å². The molecule has 2 N–H and O–H groups in total. The van der Waals surface area contributed by atoms with Gasteiger partial charge in [0.25, 0.3) is 0 Å². The van der Waals surface area contributed by atoms with Crippen LogP contribution in [0.25, 0.3) is 0 Å². The van der Waals surface area contributed by atoms with E-state index < -0.39 is 0 Å². The van der Waals surface area contributed by atoms with Crippen LogP contribution in [0.5, 0.6) is 0 Å². The normalized spacial score (nSPS) is 20.7. The third kappa shape index (κ3) is 2.75. The summed E-state index contributed by atoms with van der Waals surface area (Å²) in [7, 11) is 2.11. The van der Waals surface area contributed by atoms with Crippen molar-refractivity contribution >= 4 is 27.8 Å². The van der Waals surface area contributed by atoms with E-state index in [2.05, 4.69) is 42.6 Å². The highest BCUT2D eigenvalue weighted by atomic mass is 32.1. The molecule has 2 aromatic rings. The molecule has 0 radical (unpaired) electrons. The Balaban J connectivity index is 1.82. The van der Waals surface area contributed by atoms with Crippen molar-refractivity contribution in [2.24, 2.45) is 11.1 Å². The number of hydrogen-bond acceptors (Lipinski definition) is 5. The molecule has 0 fully saturated rings. The zero-order chi connectivity index (χ0) is 14.3. The minimum absolute atomic E-state index is 0.148. The van der Waals surface area contributed by atoms with Gasteiger partial charge in [0.15, 0.2) is 5.13 Å². The van der Waals surface area contributed by atoms with Crippen LogP contribution in [0, 0.1) is 5.41 Å². The van der Waals surface area contributed by atoms with Crippen LogP contribution < -0.4 is 10.6 Å². The first-order valence-corrected chi connectivity index (χ1v) is 8.68. The molecular formula is C15H21N3S2. The van der Waals surface area contributed by atoms with E-state index in [0.717, 1.165) is 24.5 Å². The second-order valence-corrected chi connectivity index (χ2v) is 8.24. The lowest BCUT2D eigenvalue weighted by atomic mass is 9.77. The lowest BCUT2D eigenvalue weighted by molar-refractivity contribution is 0.282. The van der Waals surface area contributed by atoms with Crippen LogP contribution in [0.2, 0.25) is 0 Å². The van der Waals surface area contributed by atoms with Gasteiger partial charge in [-0.3, -0.25) is 0 Å². The van der Waals surface area contributed by atoms with E-state index in [-0.39, 0.29) is 11.5 Å². The molecule has 108 valence electrons. The molecule has 20 heavy (non-hydrogen) atoms. The molecule has 1 atom stereocenters. The molecule has 2 heterocycles. The number of thiazole rings is 1. The van der Waals surface area contributed by atoms with Crippen LogP contribution in [0.3, 0.4) is 0 Å². The molecule has 0 spiro atoms. The number of thiophene rings is 1. The molecule has 3 rings (SSSR count). The highest BCUT2D eigenvalue weighted by molar-refractivity contribution is 7.15. The number of nitrogens with zero attached hydrogens (tertiary/aromatic N) is 2. The van der Waals surface area contributed by atoms with E-state index in [0.29, 0.717) is 0 Å². The van der Waals surface area contributed by atoms with Gasteiger partial charge in [0.1, 0.15) is 0 Å². The van der Waals surface area contributed by atoms with Crippen molar-refractivity contribution in [1.82, 2.24) is 4.98 Å². The predicted octanol–water partition coefficient (Wildman–Crippen LogP) is 3.81. The highest BCUT2D eigenvalue weighted by Crippen LogP contribution is 2.43. The Morgan fingerprint density at radius 3 is 3.00 bits per heavy atom.